The number of nitrogens with one attached hydrogen (secondary N) is 1. The first-order chi connectivity index (χ1) is 7.63. The van der Waals surface area contributed by atoms with E-state index in [9.17, 15) is 4.79 Å². The highest BCUT2D eigenvalue weighted by molar-refractivity contribution is 9.10. The van der Waals surface area contributed by atoms with E-state index in [0.717, 1.165) is 6.42 Å². The van der Waals surface area contributed by atoms with Gasteiger partial charge in [0.15, 0.2) is 0 Å². The zero-order chi connectivity index (χ0) is 12.0. The van der Waals surface area contributed by atoms with Crippen molar-refractivity contribution in [2.24, 2.45) is 0 Å². The lowest BCUT2D eigenvalue weighted by Crippen LogP contribution is -2.32. The van der Waals surface area contributed by atoms with Gasteiger partial charge in [0.2, 0.25) is 0 Å². The molecular weight excluding hydrogens is 272 g/mol. The summed E-state index contributed by atoms with van der Waals surface area (Å²) in [5.41, 5.74) is 0.581. The van der Waals surface area contributed by atoms with Crippen molar-refractivity contribution in [2.75, 3.05) is 6.61 Å². The molecule has 0 aliphatic heterocycles. The van der Waals surface area contributed by atoms with Gasteiger partial charge in [-0.05, 0) is 47.8 Å². The van der Waals surface area contributed by atoms with E-state index in [-0.39, 0.29) is 18.6 Å². The SMILES string of the molecule is CC(CCCO)NC(=O)c1ccnc(Br)c1. The third-order valence-corrected chi connectivity index (χ3v) is 2.60. The highest BCUT2D eigenvalue weighted by Crippen LogP contribution is 2.08. The van der Waals surface area contributed by atoms with Crippen molar-refractivity contribution in [1.29, 1.82) is 0 Å². The van der Waals surface area contributed by atoms with Crippen LogP contribution in [0.3, 0.4) is 0 Å². The lowest BCUT2D eigenvalue weighted by atomic mass is 10.1. The Morgan fingerprint density at radius 1 is 1.69 bits per heavy atom. The van der Waals surface area contributed by atoms with Gasteiger partial charge < -0.3 is 10.4 Å². The summed E-state index contributed by atoms with van der Waals surface area (Å²) in [6.45, 7) is 2.07. The third-order valence-electron chi connectivity index (χ3n) is 2.16. The van der Waals surface area contributed by atoms with Gasteiger partial charge in [0, 0.05) is 24.4 Å². The van der Waals surface area contributed by atoms with Gasteiger partial charge in [-0.25, -0.2) is 4.98 Å². The number of nitrogens with zero attached hydrogens (tertiary/aromatic N) is 1. The molecule has 1 heterocycles. The molecule has 2 N–H and O–H groups in total. The normalized spacial score (nSPS) is 12.2. The van der Waals surface area contributed by atoms with Gasteiger partial charge in [0.1, 0.15) is 4.60 Å². The van der Waals surface area contributed by atoms with Gasteiger partial charge in [0.05, 0.1) is 0 Å². The van der Waals surface area contributed by atoms with E-state index < -0.39 is 0 Å². The molecule has 0 aliphatic carbocycles. The van der Waals surface area contributed by atoms with E-state index >= 15 is 0 Å². The van der Waals surface area contributed by atoms with Crippen LogP contribution in [-0.4, -0.2) is 28.6 Å². The standard InChI is InChI=1S/C11H15BrN2O2/c1-8(3-2-6-15)14-11(16)9-4-5-13-10(12)7-9/h4-5,7-8,15H,2-3,6H2,1H3,(H,14,16). The first-order valence-electron chi connectivity index (χ1n) is 5.16. The zero-order valence-electron chi connectivity index (χ0n) is 9.11. The van der Waals surface area contributed by atoms with Crippen LogP contribution in [0.15, 0.2) is 22.9 Å². The molecule has 1 amide bonds. The van der Waals surface area contributed by atoms with Gasteiger partial charge in [0.25, 0.3) is 5.91 Å². The summed E-state index contributed by atoms with van der Waals surface area (Å²) >= 11 is 3.21. The minimum atomic E-state index is -0.117. The van der Waals surface area contributed by atoms with Crippen LogP contribution in [0.25, 0.3) is 0 Å². The molecule has 1 atom stereocenters. The summed E-state index contributed by atoms with van der Waals surface area (Å²) in [7, 11) is 0. The Balaban J connectivity index is 2.52. The van der Waals surface area contributed by atoms with Gasteiger partial charge in [-0.15, -0.1) is 0 Å². The fourth-order valence-corrected chi connectivity index (χ4v) is 1.69. The average molecular weight is 287 g/mol. The number of hydrogen-bond acceptors (Lipinski definition) is 3. The first-order valence-corrected chi connectivity index (χ1v) is 5.96. The smallest absolute Gasteiger partial charge is 0.251 e. The van der Waals surface area contributed by atoms with Gasteiger partial charge in [-0.2, -0.15) is 0 Å². The molecule has 0 radical (unpaired) electrons. The molecule has 0 saturated heterocycles. The number of pyridine rings is 1. The number of carbonyl (C=O) groups is 1. The second kappa shape index (κ2) is 6.60. The summed E-state index contributed by atoms with van der Waals surface area (Å²) in [5.74, 6) is -0.117. The number of halogens is 1. The molecule has 5 heteroatoms. The molecule has 0 saturated carbocycles. The fraction of sp³-hybridized carbons (Fsp3) is 0.455. The second-order valence-corrected chi connectivity index (χ2v) is 4.42. The Hall–Kier alpha value is -0.940. The summed E-state index contributed by atoms with van der Waals surface area (Å²) < 4.78 is 0.642. The van der Waals surface area contributed by atoms with Crippen LogP contribution >= 0.6 is 15.9 Å². The van der Waals surface area contributed by atoms with E-state index in [4.69, 9.17) is 5.11 Å². The molecule has 1 unspecified atom stereocenters. The van der Waals surface area contributed by atoms with E-state index in [1.807, 2.05) is 6.92 Å². The third kappa shape index (κ3) is 4.28. The summed E-state index contributed by atoms with van der Waals surface area (Å²) in [5, 5.41) is 11.5. The van der Waals surface area contributed by atoms with Crippen LogP contribution in [0, 0.1) is 0 Å². The van der Waals surface area contributed by atoms with Crippen molar-refractivity contribution in [2.45, 2.75) is 25.8 Å². The molecule has 16 heavy (non-hydrogen) atoms. The molecule has 1 aromatic heterocycles. The van der Waals surface area contributed by atoms with Crippen molar-refractivity contribution in [3.05, 3.63) is 28.5 Å². The van der Waals surface area contributed by atoms with Crippen LogP contribution in [0.1, 0.15) is 30.1 Å². The van der Waals surface area contributed by atoms with E-state index in [2.05, 4.69) is 26.2 Å². The topological polar surface area (TPSA) is 62.2 Å². The molecule has 88 valence electrons. The Kier molecular flexibility index (Phi) is 5.42. The van der Waals surface area contributed by atoms with Crippen molar-refractivity contribution in [3.63, 3.8) is 0 Å². The van der Waals surface area contributed by atoms with Crippen molar-refractivity contribution >= 4 is 21.8 Å². The molecule has 0 spiro atoms. The van der Waals surface area contributed by atoms with Gasteiger partial charge >= 0.3 is 0 Å². The molecule has 1 aromatic rings. The molecule has 1 rings (SSSR count). The minimum Gasteiger partial charge on any atom is -0.396 e. The zero-order valence-corrected chi connectivity index (χ0v) is 10.7. The number of aliphatic hydroxyl groups is 1. The van der Waals surface area contributed by atoms with Crippen LogP contribution in [0.2, 0.25) is 0 Å². The van der Waals surface area contributed by atoms with Gasteiger partial charge in [-0.3, -0.25) is 4.79 Å². The van der Waals surface area contributed by atoms with Crippen molar-refractivity contribution in [1.82, 2.24) is 10.3 Å². The van der Waals surface area contributed by atoms with Crippen LogP contribution < -0.4 is 5.32 Å². The molecule has 4 nitrogen and oxygen atoms in total. The Morgan fingerprint density at radius 2 is 2.44 bits per heavy atom. The largest absolute Gasteiger partial charge is 0.396 e. The highest BCUT2D eigenvalue weighted by Gasteiger charge is 2.09. The quantitative estimate of drug-likeness (QED) is 0.811. The first kappa shape index (κ1) is 13.1. The molecule has 0 bridgehead atoms. The molecule has 0 aromatic carbocycles. The number of amides is 1. The van der Waals surface area contributed by atoms with Crippen molar-refractivity contribution < 1.29 is 9.90 Å². The maximum absolute atomic E-state index is 11.7. The lowest BCUT2D eigenvalue weighted by molar-refractivity contribution is 0.0936. The second-order valence-electron chi connectivity index (χ2n) is 3.61. The monoisotopic (exact) mass is 286 g/mol. The Bertz CT molecular complexity index is 358. The number of carbonyl (C=O) groups excluding carboxylic acids is 1. The summed E-state index contributed by atoms with van der Waals surface area (Å²) in [4.78, 5) is 15.7. The molecule has 0 aliphatic rings. The fourth-order valence-electron chi connectivity index (χ4n) is 1.32. The number of rotatable bonds is 5. The van der Waals surface area contributed by atoms with Gasteiger partial charge in [-0.1, -0.05) is 0 Å². The molecule has 0 fully saturated rings. The van der Waals surface area contributed by atoms with Crippen LogP contribution in [0.5, 0.6) is 0 Å². The average Bonchev–Trinajstić information content (AvgIpc) is 2.26. The maximum atomic E-state index is 11.7. The highest BCUT2D eigenvalue weighted by atomic mass is 79.9. The minimum absolute atomic E-state index is 0.0617. The van der Waals surface area contributed by atoms with E-state index in [1.165, 1.54) is 0 Å². The predicted octanol–water partition coefficient (Wildman–Crippen LogP) is 1.73. The summed E-state index contributed by atoms with van der Waals surface area (Å²) in [6.07, 6.45) is 3.05. The Morgan fingerprint density at radius 3 is 3.06 bits per heavy atom. The molecular formula is C11H15BrN2O2. The number of aromatic nitrogens is 1. The van der Waals surface area contributed by atoms with E-state index in [1.54, 1.807) is 18.3 Å². The number of aliphatic hydroxyl groups excluding tert-OH is 1. The van der Waals surface area contributed by atoms with E-state index in [0.29, 0.717) is 16.6 Å². The summed E-state index contributed by atoms with van der Waals surface area (Å²) in [6, 6.07) is 3.40. The maximum Gasteiger partial charge on any atom is 0.251 e. The lowest BCUT2D eigenvalue weighted by Gasteiger charge is -2.13. The van der Waals surface area contributed by atoms with Crippen molar-refractivity contribution in [3.8, 4) is 0 Å². The predicted molar refractivity (Wildman–Crippen MR) is 65.2 cm³/mol. The number of hydrogen-bond donors (Lipinski definition) is 2. The van der Waals surface area contributed by atoms with Crippen LogP contribution in [0.4, 0.5) is 0 Å². The Labute approximate surface area is 103 Å². The van der Waals surface area contributed by atoms with Crippen LogP contribution in [-0.2, 0) is 0 Å².